The largest absolute Gasteiger partial charge is 0.355 e. The quantitative estimate of drug-likeness (QED) is 0.816. The lowest BCUT2D eigenvalue weighted by Gasteiger charge is -2.12. The maximum absolute atomic E-state index is 13.5. The second-order valence-corrected chi connectivity index (χ2v) is 6.87. The summed E-state index contributed by atoms with van der Waals surface area (Å²) in [5, 5.41) is 4.38. The Morgan fingerprint density at radius 1 is 1.38 bits per heavy atom. The van der Waals surface area contributed by atoms with Crippen molar-refractivity contribution >= 4 is 29.0 Å². The lowest BCUT2D eigenvalue weighted by Crippen LogP contribution is -2.32. The van der Waals surface area contributed by atoms with Crippen molar-refractivity contribution in [2.45, 2.75) is 23.5 Å². The van der Waals surface area contributed by atoms with Crippen LogP contribution in [0.1, 0.15) is 11.8 Å². The fraction of sp³-hybridized carbons (Fsp3) is 0.267. The number of thiophene rings is 1. The SMILES string of the molecule is C[C@H](Sc1ccc(F)cc1F)C(=O)NCCc1cccs1. The van der Waals surface area contributed by atoms with Gasteiger partial charge in [-0.25, -0.2) is 8.78 Å². The third-order valence-corrected chi connectivity index (χ3v) is 4.91. The Balaban J connectivity index is 1.81. The minimum Gasteiger partial charge on any atom is -0.355 e. The van der Waals surface area contributed by atoms with Gasteiger partial charge in [-0.1, -0.05) is 6.07 Å². The van der Waals surface area contributed by atoms with Gasteiger partial charge < -0.3 is 5.32 Å². The van der Waals surface area contributed by atoms with E-state index in [1.54, 1.807) is 18.3 Å². The van der Waals surface area contributed by atoms with Crippen LogP contribution in [0.3, 0.4) is 0 Å². The summed E-state index contributed by atoms with van der Waals surface area (Å²) in [7, 11) is 0. The summed E-state index contributed by atoms with van der Waals surface area (Å²) in [5.41, 5.74) is 0. The van der Waals surface area contributed by atoms with Gasteiger partial charge in [0.05, 0.1) is 5.25 Å². The molecule has 0 saturated carbocycles. The first-order chi connectivity index (χ1) is 10.1. The number of hydrogen-bond acceptors (Lipinski definition) is 3. The predicted octanol–water partition coefficient (Wildman–Crippen LogP) is 3.87. The van der Waals surface area contributed by atoms with Crippen molar-refractivity contribution in [3.63, 3.8) is 0 Å². The highest BCUT2D eigenvalue weighted by Crippen LogP contribution is 2.26. The highest BCUT2D eigenvalue weighted by molar-refractivity contribution is 8.00. The molecule has 0 radical (unpaired) electrons. The third kappa shape index (κ3) is 4.82. The van der Waals surface area contributed by atoms with Crippen molar-refractivity contribution in [3.8, 4) is 0 Å². The number of nitrogens with one attached hydrogen (secondary N) is 1. The van der Waals surface area contributed by atoms with E-state index in [1.807, 2.05) is 17.5 Å². The maximum Gasteiger partial charge on any atom is 0.233 e. The molecule has 0 bridgehead atoms. The summed E-state index contributed by atoms with van der Waals surface area (Å²) in [6.07, 6.45) is 0.783. The van der Waals surface area contributed by atoms with Crippen LogP contribution < -0.4 is 5.32 Å². The predicted molar refractivity (Wildman–Crippen MR) is 82.7 cm³/mol. The molecule has 0 fully saturated rings. The van der Waals surface area contributed by atoms with E-state index >= 15 is 0 Å². The summed E-state index contributed by atoms with van der Waals surface area (Å²) >= 11 is 2.73. The van der Waals surface area contributed by atoms with Gasteiger partial charge in [0.1, 0.15) is 11.6 Å². The first-order valence-corrected chi connectivity index (χ1v) is 8.24. The summed E-state index contributed by atoms with van der Waals surface area (Å²) in [6, 6.07) is 7.35. The number of halogens is 2. The van der Waals surface area contributed by atoms with Crippen LogP contribution in [0.4, 0.5) is 8.78 Å². The Morgan fingerprint density at radius 2 is 2.19 bits per heavy atom. The van der Waals surface area contributed by atoms with Crippen LogP contribution in [0, 0.1) is 11.6 Å². The van der Waals surface area contributed by atoms with Crippen molar-refractivity contribution in [1.82, 2.24) is 5.32 Å². The molecule has 1 amide bonds. The maximum atomic E-state index is 13.5. The molecule has 1 aromatic heterocycles. The lowest BCUT2D eigenvalue weighted by atomic mass is 10.3. The van der Waals surface area contributed by atoms with Gasteiger partial charge in [-0.2, -0.15) is 0 Å². The van der Waals surface area contributed by atoms with Gasteiger partial charge >= 0.3 is 0 Å². The van der Waals surface area contributed by atoms with Crippen molar-refractivity contribution in [1.29, 1.82) is 0 Å². The molecule has 2 aromatic rings. The topological polar surface area (TPSA) is 29.1 Å². The smallest absolute Gasteiger partial charge is 0.233 e. The normalized spacial score (nSPS) is 12.1. The monoisotopic (exact) mass is 327 g/mol. The first kappa shape index (κ1) is 16.0. The zero-order valence-corrected chi connectivity index (χ0v) is 13.1. The lowest BCUT2D eigenvalue weighted by molar-refractivity contribution is -0.120. The highest BCUT2D eigenvalue weighted by atomic mass is 32.2. The van der Waals surface area contributed by atoms with Crippen LogP contribution in [0.25, 0.3) is 0 Å². The molecule has 21 heavy (non-hydrogen) atoms. The molecule has 112 valence electrons. The van der Waals surface area contributed by atoms with Gasteiger partial charge in [0.15, 0.2) is 0 Å². The van der Waals surface area contributed by atoms with Crippen molar-refractivity contribution < 1.29 is 13.6 Å². The number of thioether (sulfide) groups is 1. The average molecular weight is 327 g/mol. The number of benzene rings is 1. The van der Waals surface area contributed by atoms with E-state index < -0.39 is 16.9 Å². The first-order valence-electron chi connectivity index (χ1n) is 6.48. The number of carbonyl (C=O) groups is 1. The van der Waals surface area contributed by atoms with Crippen LogP contribution >= 0.6 is 23.1 Å². The molecule has 6 heteroatoms. The van der Waals surface area contributed by atoms with E-state index in [9.17, 15) is 13.6 Å². The van der Waals surface area contributed by atoms with Gasteiger partial charge in [0.25, 0.3) is 0 Å². The molecule has 0 aliphatic rings. The summed E-state index contributed by atoms with van der Waals surface area (Å²) in [4.78, 5) is 13.4. The standard InChI is InChI=1S/C15H15F2NOS2/c1-10(21-14-5-4-11(16)9-13(14)17)15(19)18-7-6-12-3-2-8-20-12/h2-5,8-10H,6-7H2,1H3,(H,18,19)/t10-/m0/s1. The van der Waals surface area contributed by atoms with Gasteiger partial charge in [-0.15, -0.1) is 23.1 Å². The van der Waals surface area contributed by atoms with E-state index in [2.05, 4.69) is 5.32 Å². The Labute approximate surface area is 130 Å². The van der Waals surface area contributed by atoms with Crippen LogP contribution in [0.5, 0.6) is 0 Å². The zero-order chi connectivity index (χ0) is 15.2. The van der Waals surface area contributed by atoms with Crippen molar-refractivity contribution in [2.24, 2.45) is 0 Å². The average Bonchev–Trinajstić information content (AvgIpc) is 2.95. The molecule has 0 aliphatic heterocycles. The fourth-order valence-corrected chi connectivity index (χ4v) is 3.32. The van der Waals surface area contributed by atoms with Crippen molar-refractivity contribution in [2.75, 3.05) is 6.54 Å². The van der Waals surface area contributed by atoms with E-state index in [-0.39, 0.29) is 10.8 Å². The summed E-state index contributed by atoms with van der Waals surface area (Å²) < 4.78 is 26.3. The summed E-state index contributed by atoms with van der Waals surface area (Å²) in [5.74, 6) is -1.41. The molecule has 1 aromatic carbocycles. The van der Waals surface area contributed by atoms with Gasteiger partial charge in [0, 0.05) is 22.4 Å². The van der Waals surface area contributed by atoms with Crippen LogP contribution in [0.15, 0.2) is 40.6 Å². The van der Waals surface area contributed by atoms with Crippen LogP contribution in [-0.4, -0.2) is 17.7 Å². The van der Waals surface area contributed by atoms with Gasteiger partial charge in [-0.05, 0) is 36.9 Å². The number of hydrogen-bond donors (Lipinski definition) is 1. The minimum absolute atomic E-state index is 0.153. The fourth-order valence-electron chi connectivity index (χ4n) is 1.72. The van der Waals surface area contributed by atoms with E-state index in [4.69, 9.17) is 0 Å². The Hall–Kier alpha value is -1.40. The van der Waals surface area contributed by atoms with E-state index in [0.29, 0.717) is 6.54 Å². The zero-order valence-electron chi connectivity index (χ0n) is 11.4. The van der Waals surface area contributed by atoms with E-state index in [1.165, 1.54) is 17.0 Å². The van der Waals surface area contributed by atoms with Crippen LogP contribution in [0.2, 0.25) is 0 Å². The Morgan fingerprint density at radius 3 is 2.86 bits per heavy atom. The second-order valence-electron chi connectivity index (χ2n) is 4.46. The van der Waals surface area contributed by atoms with Crippen molar-refractivity contribution in [3.05, 3.63) is 52.2 Å². The molecule has 0 aliphatic carbocycles. The second kappa shape index (κ2) is 7.56. The highest BCUT2D eigenvalue weighted by Gasteiger charge is 2.16. The molecule has 2 nitrogen and oxygen atoms in total. The minimum atomic E-state index is -0.641. The number of amides is 1. The van der Waals surface area contributed by atoms with E-state index in [0.717, 1.165) is 24.2 Å². The van der Waals surface area contributed by atoms with Gasteiger partial charge in [-0.3, -0.25) is 4.79 Å². The molecule has 2 rings (SSSR count). The molecule has 0 spiro atoms. The third-order valence-electron chi connectivity index (χ3n) is 2.82. The van der Waals surface area contributed by atoms with Gasteiger partial charge in [0.2, 0.25) is 5.91 Å². The molecular weight excluding hydrogens is 312 g/mol. The Bertz CT molecular complexity index is 602. The molecule has 0 saturated heterocycles. The molecule has 0 unspecified atom stereocenters. The number of carbonyl (C=O) groups excluding carboxylic acids is 1. The number of rotatable bonds is 6. The molecule has 1 N–H and O–H groups in total. The molecule has 1 heterocycles. The van der Waals surface area contributed by atoms with Crippen LogP contribution in [-0.2, 0) is 11.2 Å². The Kier molecular flexibility index (Phi) is 5.76. The molecule has 1 atom stereocenters. The molecular formula is C15H15F2NOS2. The summed E-state index contributed by atoms with van der Waals surface area (Å²) in [6.45, 7) is 2.25.